The lowest BCUT2D eigenvalue weighted by Gasteiger charge is -2.15. The summed E-state index contributed by atoms with van der Waals surface area (Å²) in [5, 5.41) is 1.07. The number of carbonyl (C=O) groups excluding carboxylic acids is 1. The number of aromatic amines is 1. The van der Waals surface area contributed by atoms with Crippen molar-refractivity contribution in [2.45, 2.75) is 26.2 Å². The highest BCUT2D eigenvalue weighted by Crippen LogP contribution is 2.27. The van der Waals surface area contributed by atoms with Crippen LogP contribution in [0.2, 0.25) is 0 Å². The van der Waals surface area contributed by atoms with E-state index in [2.05, 4.69) is 36.8 Å². The van der Waals surface area contributed by atoms with Gasteiger partial charge in [-0.05, 0) is 24.3 Å². The van der Waals surface area contributed by atoms with Crippen LogP contribution in [0.4, 0.5) is 5.69 Å². The molecule has 0 aliphatic rings. The molecule has 0 radical (unpaired) electrons. The fraction of sp³-hybridized carbons (Fsp3) is 0.308. The predicted octanol–water partition coefficient (Wildman–Crippen LogP) is 3.43. The van der Waals surface area contributed by atoms with E-state index in [9.17, 15) is 4.79 Å². The zero-order chi connectivity index (χ0) is 11.8. The number of rotatable bonds is 1. The zero-order valence-corrected chi connectivity index (χ0v) is 9.66. The van der Waals surface area contributed by atoms with Crippen molar-refractivity contribution in [3.8, 4) is 0 Å². The van der Waals surface area contributed by atoms with Gasteiger partial charge < -0.3 is 4.98 Å². The summed E-state index contributed by atoms with van der Waals surface area (Å²) in [5.74, 6) is 0. The molecule has 0 unspecified atom stereocenters. The van der Waals surface area contributed by atoms with E-state index in [1.165, 1.54) is 5.69 Å². The third-order valence-corrected chi connectivity index (χ3v) is 2.59. The topological polar surface area (TPSA) is 45.2 Å². The van der Waals surface area contributed by atoms with Gasteiger partial charge in [-0.2, -0.15) is 4.99 Å². The summed E-state index contributed by atoms with van der Waals surface area (Å²) in [7, 11) is 0. The highest BCUT2D eigenvalue weighted by molar-refractivity contribution is 5.84. The van der Waals surface area contributed by atoms with Crippen molar-refractivity contribution >= 4 is 22.7 Å². The van der Waals surface area contributed by atoms with Crippen LogP contribution in [0.5, 0.6) is 0 Å². The first-order valence-corrected chi connectivity index (χ1v) is 5.22. The average Bonchev–Trinajstić information content (AvgIpc) is 2.60. The summed E-state index contributed by atoms with van der Waals surface area (Å²) in [6.07, 6.45) is 1.55. The van der Waals surface area contributed by atoms with Crippen LogP contribution in [0.3, 0.4) is 0 Å². The first kappa shape index (κ1) is 10.7. The number of aliphatic imine (C=N–C) groups is 1. The van der Waals surface area contributed by atoms with Crippen molar-refractivity contribution in [3.05, 3.63) is 30.0 Å². The van der Waals surface area contributed by atoms with E-state index in [4.69, 9.17) is 0 Å². The lowest BCUT2D eigenvalue weighted by Crippen LogP contribution is -2.10. The van der Waals surface area contributed by atoms with Crippen LogP contribution < -0.4 is 0 Å². The van der Waals surface area contributed by atoms with Crippen molar-refractivity contribution in [2.75, 3.05) is 0 Å². The van der Waals surface area contributed by atoms with Crippen molar-refractivity contribution in [1.29, 1.82) is 0 Å². The lowest BCUT2D eigenvalue weighted by atomic mass is 9.92. The van der Waals surface area contributed by atoms with Gasteiger partial charge in [0.2, 0.25) is 6.08 Å². The Hall–Kier alpha value is -1.86. The van der Waals surface area contributed by atoms with Crippen LogP contribution in [0.25, 0.3) is 10.9 Å². The van der Waals surface area contributed by atoms with Gasteiger partial charge in [0.25, 0.3) is 0 Å². The highest BCUT2D eigenvalue weighted by Gasteiger charge is 2.16. The molecular weight excluding hydrogens is 200 g/mol. The van der Waals surface area contributed by atoms with Crippen molar-refractivity contribution in [2.24, 2.45) is 4.99 Å². The third kappa shape index (κ3) is 1.90. The molecular formula is C13H14N2O. The standard InChI is InChI=1S/C13H14N2O/c1-13(2,3)12-7-9-6-10(14-8-16)4-5-11(9)15-12/h4-7,15H,1-3H3. The Morgan fingerprint density at radius 2 is 2.00 bits per heavy atom. The van der Waals surface area contributed by atoms with Gasteiger partial charge in [0.1, 0.15) is 0 Å². The van der Waals surface area contributed by atoms with Crippen molar-refractivity contribution in [3.63, 3.8) is 0 Å². The van der Waals surface area contributed by atoms with Crippen molar-refractivity contribution < 1.29 is 4.79 Å². The Morgan fingerprint density at radius 3 is 2.62 bits per heavy atom. The van der Waals surface area contributed by atoms with E-state index >= 15 is 0 Å². The van der Waals surface area contributed by atoms with Gasteiger partial charge in [-0.25, -0.2) is 4.79 Å². The maximum atomic E-state index is 10.2. The smallest absolute Gasteiger partial charge is 0.240 e. The number of nitrogens with zero attached hydrogens (tertiary/aromatic N) is 1. The predicted molar refractivity (Wildman–Crippen MR) is 64.8 cm³/mol. The molecule has 1 heterocycles. The first-order chi connectivity index (χ1) is 7.50. The minimum atomic E-state index is 0.0904. The molecule has 2 aromatic rings. The Balaban J connectivity index is 2.58. The van der Waals surface area contributed by atoms with Crippen LogP contribution in [0.15, 0.2) is 29.3 Å². The van der Waals surface area contributed by atoms with Crippen LogP contribution in [-0.2, 0) is 10.2 Å². The summed E-state index contributed by atoms with van der Waals surface area (Å²) in [6.45, 7) is 6.46. The molecule has 0 aliphatic carbocycles. The Bertz CT molecular complexity index is 569. The van der Waals surface area contributed by atoms with Gasteiger partial charge in [-0.3, -0.25) is 0 Å². The Labute approximate surface area is 94.2 Å². The molecule has 0 fully saturated rings. The molecule has 1 N–H and O–H groups in total. The Morgan fingerprint density at radius 1 is 1.25 bits per heavy atom. The molecule has 0 bridgehead atoms. The minimum absolute atomic E-state index is 0.0904. The number of hydrogen-bond donors (Lipinski definition) is 1. The molecule has 0 saturated heterocycles. The van der Waals surface area contributed by atoms with Crippen LogP contribution in [-0.4, -0.2) is 11.1 Å². The number of fused-ring (bicyclic) bond motifs is 1. The highest BCUT2D eigenvalue weighted by atomic mass is 16.1. The number of hydrogen-bond acceptors (Lipinski definition) is 2. The number of aromatic nitrogens is 1. The SMILES string of the molecule is CC(C)(C)c1cc2cc(N=C=O)ccc2[nH]1. The molecule has 3 heteroatoms. The first-order valence-electron chi connectivity index (χ1n) is 5.22. The summed E-state index contributed by atoms with van der Waals surface area (Å²) < 4.78 is 0. The second-order valence-corrected chi connectivity index (χ2v) is 4.91. The molecule has 0 spiro atoms. The molecule has 16 heavy (non-hydrogen) atoms. The number of isocyanates is 1. The minimum Gasteiger partial charge on any atom is -0.358 e. The molecule has 82 valence electrons. The number of H-pyrrole nitrogens is 1. The van der Waals surface area contributed by atoms with E-state index < -0.39 is 0 Å². The van der Waals surface area contributed by atoms with E-state index in [1.807, 2.05) is 12.1 Å². The molecule has 1 aromatic carbocycles. The van der Waals surface area contributed by atoms with E-state index in [0.717, 1.165) is 10.9 Å². The van der Waals surface area contributed by atoms with E-state index in [-0.39, 0.29) is 5.41 Å². The summed E-state index contributed by atoms with van der Waals surface area (Å²) in [6, 6.07) is 7.71. The zero-order valence-electron chi connectivity index (χ0n) is 9.66. The summed E-state index contributed by atoms with van der Waals surface area (Å²) in [5.41, 5.74) is 2.97. The second-order valence-electron chi connectivity index (χ2n) is 4.91. The molecule has 0 aliphatic heterocycles. The van der Waals surface area contributed by atoms with Crippen LogP contribution in [0, 0.1) is 0 Å². The molecule has 3 nitrogen and oxygen atoms in total. The number of nitrogens with one attached hydrogen (secondary N) is 1. The largest absolute Gasteiger partial charge is 0.358 e. The van der Waals surface area contributed by atoms with Crippen molar-refractivity contribution in [1.82, 2.24) is 4.98 Å². The van der Waals surface area contributed by atoms with Gasteiger partial charge in [-0.1, -0.05) is 20.8 Å². The molecule has 0 atom stereocenters. The average molecular weight is 214 g/mol. The van der Waals surface area contributed by atoms with Crippen LogP contribution >= 0.6 is 0 Å². The molecule has 0 amide bonds. The fourth-order valence-corrected chi connectivity index (χ4v) is 1.65. The molecule has 0 saturated carbocycles. The monoisotopic (exact) mass is 214 g/mol. The number of benzene rings is 1. The van der Waals surface area contributed by atoms with Crippen LogP contribution in [0.1, 0.15) is 26.5 Å². The maximum Gasteiger partial charge on any atom is 0.240 e. The molecule has 1 aromatic heterocycles. The van der Waals surface area contributed by atoms with Gasteiger partial charge in [0, 0.05) is 22.0 Å². The van der Waals surface area contributed by atoms with Gasteiger partial charge in [0.15, 0.2) is 0 Å². The van der Waals surface area contributed by atoms with Gasteiger partial charge in [-0.15, -0.1) is 0 Å². The summed E-state index contributed by atoms with van der Waals surface area (Å²) in [4.78, 5) is 17.1. The second kappa shape index (κ2) is 3.62. The fourth-order valence-electron chi connectivity index (χ4n) is 1.65. The summed E-state index contributed by atoms with van der Waals surface area (Å²) >= 11 is 0. The van der Waals surface area contributed by atoms with Gasteiger partial charge in [0.05, 0.1) is 5.69 Å². The van der Waals surface area contributed by atoms with E-state index in [0.29, 0.717) is 5.69 Å². The third-order valence-electron chi connectivity index (χ3n) is 2.59. The normalized spacial score (nSPS) is 11.4. The van der Waals surface area contributed by atoms with E-state index in [1.54, 1.807) is 12.1 Å². The lowest BCUT2D eigenvalue weighted by molar-refractivity contribution is 0.565. The molecule has 2 rings (SSSR count). The van der Waals surface area contributed by atoms with Gasteiger partial charge >= 0.3 is 0 Å². The maximum absolute atomic E-state index is 10.2. The quantitative estimate of drug-likeness (QED) is 0.573. The Kier molecular flexibility index (Phi) is 2.41.